The van der Waals surface area contributed by atoms with E-state index in [1.807, 2.05) is 42.7 Å². The summed E-state index contributed by atoms with van der Waals surface area (Å²) in [6, 6.07) is 15.3. The highest BCUT2D eigenvalue weighted by molar-refractivity contribution is 7.98. The maximum Gasteiger partial charge on any atom is 0.146 e. The zero-order chi connectivity index (χ0) is 14.4. The average Bonchev–Trinajstić information content (AvgIpc) is 2.49. The van der Waals surface area contributed by atoms with Gasteiger partial charge in [0.15, 0.2) is 0 Å². The second-order valence-corrected chi connectivity index (χ2v) is 5.01. The fourth-order valence-electron chi connectivity index (χ4n) is 1.86. The molecule has 0 aliphatic carbocycles. The molecule has 1 N–H and O–H groups in total. The van der Waals surface area contributed by atoms with Crippen molar-refractivity contribution in [3.63, 3.8) is 0 Å². The molecule has 102 valence electrons. The van der Waals surface area contributed by atoms with Crippen molar-refractivity contribution < 1.29 is 9.84 Å². The van der Waals surface area contributed by atoms with Gasteiger partial charge in [-0.1, -0.05) is 18.2 Å². The monoisotopic (exact) mass is 285 g/mol. The average molecular weight is 285 g/mol. The Balaban J connectivity index is 2.24. The van der Waals surface area contributed by atoms with Gasteiger partial charge in [0, 0.05) is 11.5 Å². The lowest BCUT2D eigenvalue weighted by atomic mass is 10.1. The standard InChI is InChI=1S/C16H15NO2S/c1-20-16-4-2-3-15(14(16)11-17)19-13-7-5-12(6-8-13)9-10-18/h2-8,18H,9-10H2,1H3. The summed E-state index contributed by atoms with van der Waals surface area (Å²) in [5, 5.41) is 18.1. The Morgan fingerprint density at radius 3 is 2.55 bits per heavy atom. The molecule has 0 unspecified atom stereocenters. The Bertz CT molecular complexity index is 617. The van der Waals surface area contributed by atoms with E-state index in [1.165, 1.54) is 11.8 Å². The van der Waals surface area contributed by atoms with E-state index in [-0.39, 0.29) is 6.61 Å². The summed E-state index contributed by atoms with van der Waals surface area (Å²) in [6.45, 7) is 0.133. The van der Waals surface area contributed by atoms with Crippen LogP contribution in [0.3, 0.4) is 0 Å². The van der Waals surface area contributed by atoms with Gasteiger partial charge in [-0.05, 0) is 42.5 Å². The highest BCUT2D eigenvalue weighted by Gasteiger charge is 2.09. The Morgan fingerprint density at radius 1 is 1.20 bits per heavy atom. The van der Waals surface area contributed by atoms with E-state index in [1.54, 1.807) is 6.07 Å². The molecular weight excluding hydrogens is 270 g/mol. The zero-order valence-electron chi connectivity index (χ0n) is 11.2. The molecule has 0 atom stereocenters. The first-order valence-corrected chi connectivity index (χ1v) is 7.45. The normalized spacial score (nSPS) is 10.1. The predicted octanol–water partition coefficient (Wildman–Crippen LogP) is 3.61. The topological polar surface area (TPSA) is 53.2 Å². The number of ether oxygens (including phenoxy) is 1. The minimum atomic E-state index is 0.133. The molecule has 0 spiro atoms. The number of hydrogen-bond acceptors (Lipinski definition) is 4. The van der Waals surface area contributed by atoms with Gasteiger partial charge in [0.05, 0.1) is 0 Å². The van der Waals surface area contributed by atoms with Crippen LogP contribution in [0.2, 0.25) is 0 Å². The van der Waals surface area contributed by atoms with Crippen LogP contribution in [-0.2, 0) is 6.42 Å². The molecule has 20 heavy (non-hydrogen) atoms. The fraction of sp³-hybridized carbons (Fsp3) is 0.188. The number of nitrogens with zero attached hydrogens (tertiary/aromatic N) is 1. The fourth-order valence-corrected chi connectivity index (χ4v) is 2.42. The molecule has 0 fully saturated rings. The van der Waals surface area contributed by atoms with Crippen LogP contribution in [0.1, 0.15) is 11.1 Å². The van der Waals surface area contributed by atoms with Gasteiger partial charge in [-0.25, -0.2) is 0 Å². The van der Waals surface area contributed by atoms with E-state index in [0.29, 0.717) is 23.5 Å². The van der Waals surface area contributed by atoms with E-state index < -0.39 is 0 Å². The molecule has 2 aromatic carbocycles. The van der Waals surface area contributed by atoms with Crippen LogP contribution in [0.4, 0.5) is 0 Å². The third-order valence-electron chi connectivity index (χ3n) is 2.87. The van der Waals surface area contributed by atoms with Gasteiger partial charge in [0.2, 0.25) is 0 Å². The number of benzene rings is 2. The number of hydrogen-bond donors (Lipinski definition) is 1. The molecule has 0 amide bonds. The first kappa shape index (κ1) is 14.4. The molecule has 0 aromatic heterocycles. The van der Waals surface area contributed by atoms with Crippen molar-refractivity contribution in [2.24, 2.45) is 0 Å². The number of rotatable bonds is 5. The van der Waals surface area contributed by atoms with Gasteiger partial charge in [-0.2, -0.15) is 5.26 Å². The highest BCUT2D eigenvalue weighted by Crippen LogP contribution is 2.31. The summed E-state index contributed by atoms with van der Waals surface area (Å²) < 4.78 is 5.78. The number of aliphatic hydroxyl groups is 1. The Labute approximate surface area is 122 Å². The van der Waals surface area contributed by atoms with Crippen LogP contribution in [-0.4, -0.2) is 18.0 Å². The first-order chi connectivity index (χ1) is 9.78. The van der Waals surface area contributed by atoms with Crippen molar-refractivity contribution in [3.8, 4) is 17.6 Å². The third kappa shape index (κ3) is 3.32. The smallest absolute Gasteiger partial charge is 0.146 e. The van der Waals surface area contributed by atoms with Crippen LogP contribution >= 0.6 is 11.8 Å². The summed E-state index contributed by atoms with van der Waals surface area (Å²) in [4.78, 5) is 0.905. The molecule has 2 rings (SSSR count). The van der Waals surface area contributed by atoms with Crippen molar-refractivity contribution in [3.05, 3.63) is 53.6 Å². The van der Waals surface area contributed by atoms with Crippen LogP contribution in [0.15, 0.2) is 47.4 Å². The van der Waals surface area contributed by atoms with E-state index in [2.05, 4.69) is 6.07 Å². The lowest BCUT2D eigenvalue weighted by molar-refractivity contribution is 0.299. The van der Waals surface area contributed by atoms with Crippen LogP contribution in [0.5, 0.6) is 11.5 Å². The van der Waals surface area contributed by atoms with Crippen molar-refractivity contribution >= 4 is 11.8 Å². The molecule has 3 nitrogen and oxygen atoms in total. The first-order valence-electron chi connectivity index (χ1n) is 6.23. The molecule has 0 heterocycles. The third-order valence-corrected chi connectivity index (χ3v) is 3.65. The van der Waals surface area contributed by atoms with Crippen LogP contribution in [0, 0.1) is 11.3 Å². The minimum Gasteiger partial charge on any atom is -0.456 e. The minimum absolute atomic E-state index is 0.133. The second-order valence-electron chi connectivity index (χ2n) is 4.16. The maximum absolute atomic E-state index is 9.25. The second kappa shape index (κ2) is 6.99. The van der Waals surface area contributed by atoms with Crippen molar-refractivity contribution in [2.75, 3.05) is 12.9 Å². The van der Waals surface area contributed by atoms with Gasteiger partial charge in [-0.3, -0.25) is 0 Å². The predicted molar refractivity (Wildman–Crippen MR) is 80.2 cm³/mol. The molecule has 0 aliphatic heterocycles. The molecular formula is C16H15NO2S. The summed E-state index contributed by atoms with van der Waals surface area (Å²) in [5.41, 5.74) is 1.61. The van der Waals surface area contributed by atoms with Crippen molar-refractivity contribution in [2.45, 2.75) is 11.3 Å². The summed E-state index contributed by atoms with van der Waals surface area (Å²) in [7, 11) is 0. The van der Waals surface area contributed by atoms with Gasteiger partial charge in [0.1, 0.15) is 23.1 Å². The maximum atomic E-state index is 9.25. The van der Waals surface area contributed by atoms with Crippen molar-refractivity contribution in [1.82, 2.24) is 0 Å². The lowest BCUT2D eigenvalue weighted by Crippen LogP contribution is -1.92. The molecule has 0 bridgehead atoms. The van der Waals surface area contributed by atoms with Crippen LogP contribution < -0.4 is 4.74 Å². The number of aliphatic hydroxyl groups excluding tert-OH is 1. The van der Waals surface area contributed by atoms with Crippen LogP contribution in [0.25, 0.3) is 0 Å². The van der Waals surface area contributed by atoms with Gasteiger partial charge >= 0.3 is 0 Å². The molecule has 2 aromatic rings. The zero-order valence-corrected chi connectivity index (χ0v) is 12.0. The van der Waals surface area contributed by atoms with Crippen molar-refractivity contribution in [1.29, 1.82) is 5.26 Å². The largest absolute Gasteiger partial charge is 0.456 e. The summed E-state index contributed by atoms with van der Waals surface area (Å²) >= 11 is 1.52. The van der Waals surface area contributed by atoms with E-state index in [4.69, 9.17) is 9.84 Å². The van der Waals surface area contributed by atoms with Gasteiger partial charge in [-0.15, -0.1) is 11.8 Å². The Morgan fingerprint density at radius 2 is 1.95 bits per heavy atom. The Kier molecular flexibility index (Phi) is 5.05. The van der Waals surface area contributed by atoms with E-state index >= 15 is 0 Å². The SMILES string of the molecule is CSc1cccc(Oc2ccc(CCO)cc2)c1C#N. The summed E-state index contributed by atoms with van der Waals surface area (Å²) in [5.74, 6) is 1.25. The Hall–Kier alpha value is -1.96. The molecule has 0 radical (unpaired) electrons. The lowest BCUT2D eigenvalue weighted by Gasteiger charge is -2.10. The van der Waals surface area contributed by atoms with E-state index in [0.717, 1.165) is 10.5 Å². The van der Waals surface area contributed by atoms with E-state index in [9.17, 15) is 5.26 Å². The van der Waals surface area contributed by atoms with Gasteiger partial charge in [0.25, 0.3) is 0 Å². The van der Waals surface area contributed by atoms with Gasteiger partial charge < -0.3 is 9.84 Å². The molecule has 0 aliphatic rings. The molecule has 0 saturated carbocycles. The quantitative estimate of drug-likeness (QED) is 0.853. The highest BCUT2D eigenvalue weighted by atomic mass is 32.2. The summed E-state index contributed by atoms with van der Waals surface area (Å²) in [6.07, 6.45) is 2.56. The molecule has 0 saturated heterocycles. The molecule has 4 heteroatoms. The number of thioether (sulfide) groups is 1. The number of nitriles is 1.